The van der Waals surface area contributed by atoms with Crippen molar-refractivity contribution in [3.05, 3.63) is 203 Å². The molecular formula is C52H29ClN4O. The second kappa shape index (κ2) is 11.6. The third-order valence-electron chi connectivity index (χ3n) is 12.4. The van der Waals surface area contributed by atoms with Gasteiger partial charge in [0.15, 0.2) is 11.6 Å². The number of hydrogen-bond donors (Lipinski definition) is 0. The summed E-state index contributed by atoms with van der Waals surface area (Å²) in [4.78, 5) is 15.0. The first-order valence-corrected chi connectivity index (χ1v) is 19.9. The van der Waals surface area contributed by atoms with E-state index in [1.54, 1.807) is 0 Å². The van der Waals surface area contributed by atoms with Gasteiger partial charge in [-0.25, -0.2) is 4.98 Å². The number of hydrogen-bond acceptors (Lipinski definition) is 4. The van der Waals surface area contributed by atoms with Crippen molar-refractivity contribution in [2.75, 3.05) is 0 Å². The molecule has 270 valence electrons. The largest absolute Gasteiger partial charge is 0.456 e. The third-order valence-corrected chi connectivity index (χ3v) is 12.6. The van der Waals surface area contributed by atoms with Gasteiger partial charge in [-0.05, 0) is 81.4 Å². The molecule has 0 spiro atoms. The van der Waals surface area contributed by atoms with Crippen molar-refractivity contribution in [3.63, 3.8) is 0 Å². The molecule has 1 aliphatic carbocycles. The molecule has 0 fully saturated rings. The van der Waals surface area contributed by atoms with Crippen molar-refractivity contribution in [2.24, 2.45) is 0 Å². The molecule has 4 heterocycles. The Morgan fingerprint density at radius 1 is 0.483 bits per heavy atom. The molecule has 0 N–H and O–H groups in total. The van der Waals surface area contributed by atoms with Gasteiger partial charge < -0.3 is 8.98 Å². The highest BCUT2D eigenvalue weighted by Crippen LogP contribution is 2.64. The van der Waals surface area contributed by atoms with E-state index in [1.807, 2.05) is 30.3 Å². The number of benzene rings is 8. The van der Waals surface area contributed by atoms with Crippen LogP contribution in [0.15, 0.2) is 180 Å². The van der Waals surface area contributed by atoms with Crippen LogP contribution in [0.3, 0.4) is 0 Å². The predicted molar refractivity (Wildman–Crippen MR) is 234 cm³/mol. The number of halogens is 1. The van der Waals surface area contributed by atoms with Crippen molar-refractivity contribution < 1.29 is 4.42 Å². The second-order valence-electron chi connectivity index (χ2n) is 15.2. The lowest BCUT2D eigenvalue weighted by molar-refractivity contribution is 0.669. The van der Waals surface area contributed by atoms with Crippen LogP contribution in [0.1, 0.15) is 22.3 Å². The minimum absolute atomic E-state index is 0.132. The first kappa shape index (κ1) is 31.8. The maximum Gasteiger partial charge on any atom is 0.226 e. The SMILES string of the molecule is Clc1nc(-c2ccc3oc4ccccc4c3c2)nc(-c2ccc3c4c2C(c2ccccc2)(c2ccccc2)c2ccc5c6ccccc6n(c5c2-4)-c2ccccc2-3)n1. The topological polar surface area (TPSA) is 56.7 Å². The number of furan rings is 1. The Bertz CT molecular complexity index is 3490. The van der Waals surface area contributed by atoms with E-state index < -0.39 is 5.41 Å². The van der Waals surface area contributed by atoms with Crippen molar-refractivity contribution in [1.82, 2.24) is 19.5 Å². The van der Waals surface area contributed by atoms with Gasteiger partial charge in [-0.1, -0.05) is 140 Å². The third kappa shape index (κ3) is 4.08. The molecule has 0 saturated heterocycles. The van der Waals surface area contributed by atoms with Gasteiger partial charge in [0.2, 0.25) is 5.28 Å². The van der Waals surface area contributed by atoms with Gasteiger partial charge in [0.25, 0.3) is 0 Å². The Labute approximate surface area is 337 Å². The zero-order valence-corrected chi connectivity index (χ0v) is 31.6. The van der Waals surface area contributed by atoms with Crippen LogP contribution < -0.4 is 0 Å². The van der Waals surface area contributed by atoms with Crippen LogP contribution >= 0.6 is 11.6 Å². The minimum Gasteiger partial charge on any atom is -0.456 e. The molecule has 0 radical (unpaired) electrons. The fourth-order valence-electron chi connectivity index (χ4n) is 10.2. The molecule has 0 atom stereocenters. The Balaban J connectivity index is 1.19. The van der Waals surface area contributed by atoms with Gasteiger partial charge in [0.05, 0.1) is 22.1 Å². The van der Waals surface area contributed by atoms with E-state index in [2.05, 4.69) is 150 Å². The molecule has 0 unspecified atom stereocenters. The Morgan fingerprint density at radius 3 is 1.98 bits per heavy atom. The maximum atomic E-state index is 6.96. The van der Waals surface area contributed by atoms with Gasteiger partial charge in [0, 0.05) is 43.8 Å². The lowest BCUT2D eigenvalue weighted by atomic mass is 9.66. The molecule has 3 aromatic heterocycles. The molecule has 13 rings (SSSR count). The van der Waals surface area contributed by atoms with Gasteiger partial charge in [-0.15, -0.1) is 0 Å². The first-order valence-electron chi connectivity index (χ1n) is 19.5. The van der Waals surface area contributed by atoms with E-state index >= 15 is 0 Å². The molecule has 2 aliphatic rings. The van der Waals surface area contributed by atoms with E-state index in [4.69, 9.17) is 31.0 Å². The smallest absolute Gasteiger partial charge is 0.226 e. The zero-order chi connectivity index (χ0) is 38.1. The highest BCUT2D eigenvalue weighted by molar-refractivity contribution is 6.28. The number of fused-ring (bicyclic) bond motifs is 9. The highest BCUT2D eigenvalue weighted by atomic mass is 35.5. The molecular weight excluding hydrogens is 732 g/mol. The lowest BCUT2D eigenvalue weighted by Crippen LogP contribution is -2.29. The summed E-state index contributed by atoms with van der Waals surface area (Å²) in [5, 5.41) is 4.61. The second-order valence-corrected chi connectivity index (χ2v) is 15.5. The van der Waals surface area contributed by atoms with Crippen molar-refractivity contribution in [1.29, 1.82) is 0 Å². The van der Waals surface area contributed by atoms with Gasteiger partial charge in [-0.2, -0.15) is 9.97 Å². The van der Waals surface area contributed by atoms with Crippen molar-refractivity contribution in [2.45, 2.75) is 5.41 Å². The fourth-order valence-corrected chi connectivity index (χ4v) is 10.3. The van der Waals surface area contributed by atoms with E-state index in [9.17, 15) is 0 Å². The van der Waals surface area contributed by atoms with Gasteiger partial charge >= 0.3 is 0 Å². The quantitative estimate of drug-likeness (QED) is 0.179. The molecule has 5 nitrogen and oxygen atoms in total. The van der Waals surface area contributed by atoms with Gasteiger partial charge in [0.1, 0.15) is 11.2 Å². The average molecular weight is 761 g/mol. The molecule has 11 aromatic rings. The standard InChI is InChI=1S/C52H29ClN4O/c53-51-55-49(30-23-28-44-39(29-30)35-19-9-12-22-43(35)58-44)54-50(56-51)38-25-24-36-33-17-7-10-20-41(33)57-42-21-11-8-18-34(42)37-26-27-40-46(48(37)57)45(36)47(38)52(40,31-13-3-1-4-14-31)32-15-5-2-6-16-32/h1-29H. The lowest BCUT2D eigenvalue weighted by Gasteiger charge is -2.35. The zero-order valence-electron chi connectivity index (χ0n) is 30.8. The molecule has 58 heavy (non-hydrogen) atoms. The van der Waals surface area contributed by atoms with Crippen molar-refractivity contribution in [3.8, 4) is 50.7 Å². The number of para-hydroxylation sites is 3. The van der Waals surface area contributed by atoms with Crippen LogP contribution in [0, 0.1) is 0 Å². The fraction of sp³-hybridized carbons (Fsp3) is 0.0192. The summed E-state index contributed by atoms with van der Waals surface area (Å²) in [5.41, 5.74) is 15.6. The summed E-state index contributed by atoms with van der Waals surface area (Å²) in [6.45, 7) is 0. The van der Waals surface area contributed by atoms with Crippen LogP contribution in [-0.4, -0.2) is 19.5 Å². The highest BCUT2D eigenvalue weighted by Gasteiger charge is 2.51. The van der Waals surface area contributed by atoms with E-state index in [1.165, 1.54) is 49.6 Å². The summed E-state index contributed by atoms with van der Waals surface area (Å²) in [7, 11) is 0. The van der Waals surface area contributed by atoms with E-state index in [0.717, 1.165) is 55.4 Å². The monoisotopic (exact) mass is 760 g/mol. The van der Waals surface area contributed by atoms with Crippen LogP contribution in [0.2, 0.25) is 5.28 Å². The number of nitrogens with zero attached hydrogens (tertiary/aromatic N) is 4. The Hall–Kier alpha value is -7.34. The molecule has 1 aliphatic heterocycles. The summed E-state index contributed by atoms with van der Waals surface area (Å²) in [6.07, 6.45) is 0. The van der Waals surface area contributed by atoms with Crippen LogP contribution in [-0.2, 0) is 5.41 Å². The number of rotatable bonds is 4. The average Bonchev–Trinajstić information content (AvgIpc) is 3.90. The Kier molecular flexibility index (Phi) is 6.37. The maximum absolute atomic E-state index is 6.96. The van der Waals surface area contributed by atoms with Crippen molar-refractivity contribution >= 4 is 55.3 Å². The summed E-state index contributed by atoms with van der Waals surface area (Å²) in [6, 6.07) is 62.7. The molecule has 0 bridgehead atoms. The summed E-state index contributed by atoms with van der Waals surface area (Å²) >= 11 is 6.96. The predicted octanol–water partition coefficient (Wildman–Crippen LogP) is 13.2. The minimum atomic E-state index is -0.742. The first-order chi connectivity index (χ1) is 28.7. The molecule has 8 aromatic carbocycles. The van der Waals surface area contributed by atoms with E-state index in [-0.39, 0.29) is 5.28 Å². The molecule has 6 heteroatoms. The van der Waals surface area contributed by atoms with E-state index in [0.29, 0.717) is 11.6 Å². The summed E-state index contributed by atoms with van der Waals surface area (Å²) < 4.78 is 8.66. The number of aromatic nitrogens is 4. The van der Waals surface area contributed by atoms with Gasteiger partial charge in [-0.3, -0.25) is 0 Å². The Morgan fingerprint density at radius 2 is 1.16 bits per heavy atom. The van der Waals surface area contributed by atoms with Crippen LogP contribution in [0.25, 0.3) is 94.5 Å². The van der Waals surface area contributed by atoms with Crippen LogP contribution in [0.5, 0.6) is 0 Å². The normalized spacial score (nSPS) is 13.4. The van der Waals surface area contributed by atoms with Crippen LogP contribution in [0.4, 0.5) is 0 Å². The molecule has 0 saturated carbocycles. The molecule has 0 amide bonds. The summed E-state index contributed by atoms with van der Waals surface area (Å²) in [5.74, 6) is 1.01.